The molecule has 0 aliphatic rings. The number of nitrogens with zero attached hydrogens (tertiary/aromatic N) is 4. The number of nitrogens with one attached hydrogen (secondary N) is 3. The number of hydrogen-bond donors (Lipinski definition) is 3. The Morgan fingerprint density at radius 1 is 1.11 bits per heavy atom. The van der Waals surface area contributed by atoms with Crippen molar-refractivity contribution in [2.45, 2.75) is 6.92 Å². The number of aryl methyl sites for hydroxylation is 1. The fourth-order valence-corrected chi connectivity index (χ4v) is 2.54. The Kier molecular flexibility index (Phi) is 5.77. The zero-order valence-electron chi connectivity index (χ0n) is 15.7. The topological polar surface area (TPSA) is 95.1 Å². The molecule has 2 amide bonds. The van der Waals surface area contributed by atoms with Gasteiger partial charge in [0.05, 0.1) is 5.52 Å². The Balaban J connectivity index is 1.64. The fraction of sp³-hybridized carbons (Fsp3) is 0.263. The van der Waals surface area contributed by atoms with Crippen LogP contribution in [0.1, 0.15) is 5.69 Å². The van der Waals surface area contributed by atoms with Crippen LogP contribution in [0, 0.1) is 6.92 Å². The number of carbonyl (C=O) groups excluding carboxylic acids is 1. The molecule has 2 aromatic heterocycles. The van der Waals surface area contributed by atoms with Crippen LogP contribution in [0.15, 0.2) is 42.6 Å². The van der Waals surface area contributed by atoms with E-state index >= 15 is 0 Å². The number of likely N-dealkylation sites (N-methyl/N-ethyl adjacent to an activating group) is 1. The molecule has 3 N–H and O–H groups in total. The van der Waals surface area contributed by atoms with Gasteiger partial charge < -0.3 is 15.5 Å². The number of urea groups is 1. The molecule has 0 spiro atoms. The van der Waals surface area contributed by atoms with Gasteiger partial charge in [0, 0.05) is 42.1 Å². The van der Waals surface area contributed by atoms with Gasteiger partial charge in [-0.25, -0.2) is 9.78 Å². The normalized spacial score (nSPS) is 10.8. The van der Waals surface area contributed by atoms with Crippen molar-refractivity contribution in [1.82, 2.24) is 19.9 Å². The maximum absolute atomic E-state index is 12.3. The molecule has 0 radical (unpaired) electrons. The first-order valence-electron chi connectivity index (χ1n) is 8.67. The first kappa shape index (κ1) is 18.5. The minimum Gasteiger partial charge on any atom is -0.369 e. The molecule has 0 bridgehead atoms. The molecule has 8 nitrogen and oxygen atoms in total. The van der Waals surface area contributed by atoms with Crippen LogP contribution < -0.4 is 16.0 Å². The van der Waals surface area contributed by atoms with Gasteiger partial charge in [-0.1, -0.05) is 6.07 Å². The third-order valence-corrected chi connectivity index (χ3v) is 3.81. The lowest BCUT2D eigenvalue weighted by molar-refractivity contribution is 0.262. The van der Waals surface area contributed by atoms with E-state index in [2.05, 4.69) is 35.8 Å². The van der Waals surface area contributed by atoms with Gasteiger partial charge in [0.15, 0.2) is 0 Å². The summed E-state index contributed by atoms with van der Waals surface area (Å²) in [5, 5.41) is 9.66. The Labute approximate surface area is 158 Å². The van der Waals surface area contributed by atoms with Crippen LogP contribution in [0.2, 0.25) is 0 Å². The highest BCUT2D eigenvalue weighted by molar-refractivity contribution is 6.00. The molecule has 140 valence electrons. The number of aromatic nitrogens is 3. The van der Waals surface area contributed by atoms with Crippen molar-refractivity contribution in [3.05, 3.63) is 48.3 Å². The Hall–Kier alpha value is -3.26. The van der Waals surface area contributed by atoms with Gasteiger partial charge in [-0.15, -0.1) is 0 Å². The lowest BCUT2D eigenvalue weighted by Crippen LogP contribution is -2.23. The van der Waals surface area contributed by atoms with E-state index in [1.54, 1.807) is 12.3 Å². The number of carbonyl (C=O) groups is 1. The zero-order valence-corrected chi connectivity index (χ0v) is 15.7. The van der Waals surface area contributed by atoms with Gasteiger partial charge in [-0.2, -0.15) is 4.98 Å². The number of hydrogen-bond acceptors (Lipinski definition) is 6. The Morgan fingerprint density at radius 3 is 2.78 bits per heavy atom. The van der Waals surface area contributed by atoms with Crippen LogP contribution >= 0.6 is 0 Å². The first-order valence-corrected chi connectivity index (χ1v) is 8.67. The maximum Gasteiger partial charge on any atom is 0.326 e. The van der Waals surface area contributed by atoms with Crippen molar-refractivity contribution < 1.29 is 4.79 Å². The van der Waals surface area contributed by atoms with Gasteiger partial charge >= 0.3 is 6.03 Å². The molecule has 0 aliphatic carbocycles. The quantitative estimate of drug-likeness (QED) is 0.622. The summed E-state index contributed by atoms with van der Waals surface area (Å²) in [5.41, 5.74) is 2.31. The van der Waals surface area contributed by atoms with E-state index in [1.807, 2.05) is 51.4 Å². The Bertz CT molecular complexity index is 942. The number of pyridine rings is 1. The van der Waals surface area contributed by atoms with E-state index in [9.17, 15) is 4.79 Å². The molecule has 8 heteroatoms. The second-order valence-corrected chi connectivity index (χ2v) is 6.44. The number of benzene rings is 1. The second kappa shape index (κ2) is 8.41. The highest BCUT2D eigenvalue weighted by atomic mass is 16.2. The van der Waals surface area contributed by atoms with Gasteiger partial charge in [-0.05, 0) is 45.3 Å². The van der Waals surface area contributed by atoms with Gasteiger partial charge in [0.2, 0.25) is 5.95 Å². The standard InChI is InChI=1S/C19H23N7O/c1-13-11-17(21-9-10-26(2)3)24-18(22-13)25-19(27)23-15-6-7-16-14(12-15)5-4-8-20-16/h4-8,11-12H,9-10H2,1-3H3,(H3,21,22,23,24,25,27). The van der Waals surface area contributed by atoms with E-state index in [4.69, 9.17) is 0 Å². The summed E-state index contributed by atoms with van der Waals surface area (Å²) >= 11 is 0. The van der Waals surface area contributed by atoms with Crippen LogP contribution in [0.5, 0.6) is 0 Å². The molecule has 3 aromatic rings. The predicted octanol–water partition coefficient (Wildman–Crippen LogP) is 2.95. The summed E-state index contributed by atoms with van der Waals surface area (Å²) in [6.45, 7) is 3.49. The van der Waals surface area contributed by atoms with Crippen LogP contribution in [0.3, 0.4) is 0 Å². The summed E-state index contributed by atoms with van der Waals surface area (Å²) < 4.78 is 0. The molecule has 0 unspecified atom stereocenters. The highest BCUT2D eigenvalue weighted by Gasteiger charge is 2.08. The minimum absolute atomic E-state index is 0.252. The lowest BCUT2D eigenvalue weighted by atomic mass is 10.2. The maximum atomic E-state index is 12.3. The van der Waals surface area contributed by atoms with Crippen molar-refractivity contribution in [2.24, 2.45) is 0 Å². The van der Waals surface area contributed by atoms with Crippen molar-refractivity contribution in [3.63, 3.8) is 0 Å². The summed E-state index contributed by atoms with van der Waals surface area (Å²) in [6, 6.07) is 10.8. The average Bonchev–Trinajstić information content (AvgIpc) is 2.60. The molecule has 0 atom stereocenters. The summed E-state index contributed by atoms with van der Waals surface area (Å²) in [6.07, 6.45) is 1.74. The highest BCUT2D eigenvalue weighted by Crippen LogP contribution is 2.17. The molecule has 0 saturated carbocycles. The van der Waals surface area contributed by atoms with Crippen molar-refractivity contribution in [1.29, 1.82) is 0 Å². The van der Waals surface area contributed by atoms with Gasteiger partial charge in [0.1, 0.15) is 5.82 Å². The minimum atomic E-state index is -0.400. The predicted molar refractivity (Wildman–Crippen MR) is 108 cm³/mol. The van der Waals surface area contributed by atoms with Crippen LogP contribution in [0.25, 0.3) is 10.9 Å². The zero-order chi connectivity index (χ0) is 19.2. The van der Waals surface area contributed by atoms with Gasteiger partial charge in [-0.3, -0.25) is 10.3 Å². The van der Waals surface area contributed by atoms with Crippen molar-refractivity contribution >= 4 is 34.4 Å². The number of amides is 2. The SMILES string of the molecule is Cc1cc(NCCN(C)C)nc(NC(=O)Nc2ccc3ncccc3c2)n1. The lowest BCUT2D eigenvalue weighted by Gasteiger charge is -2.12. The average molecular weight is 365 g/mol. The molecule has 3 rings (SSSR count). The molecule has 2 heterocycles. The van der Waals surface area contributed by atoms with E-state index in [-0.39, 0.29) is 5.95 Å². The summed E-state index contributed by atoms with van der Waals surface area (Å²) in [7, 11) is 4.01. The van der Waals surface area contributed by atoms with Crippen molar-refractivity contribution in [3.8, 4) is 0 Å². The smallest absolute Gasteiger partial charge is 0.326 e. The molecule has 1 aromatic carbocycles. The van der Waals surface area contributed by atoms with E-state index in [0.29, 0.717) is 11.5 Å². The number of anilines is 3. The largest absolute Gasteiger partial charge is 0.369 e. The monoisotopic (exact) mass is 365 g/mol. The Morgan fingerprint density at radius 2 is 1.96 bits per heavy atom. The molecule has 27 heavy (non-hydrogen) atoms. The molecule has 0 aliphatic heterocycles. The van der Waals surface area contributed by atoms with Crippen molar-refractivity contribution in [2.75, 3.05) is 43.1 Å². The number of rotatable bonds is 6. The fourth-order valence-electron chi connectivity index (χ4n) is 2.54. The van der Waals surface area contributed by atoms with E-state index in [0.717, 1.165) is 29.7 Å². The van der Waals surface area contributed by atoms with Crippen LogP contribution in [-0.4, -0.2) is 53.1 Å². The third kappa shape index (κ3) is 5.35. The molecular weight excluding hydrogens is 342 g/mol. The van der Waals surface area contributed by atoms with Crippen LogP contribution in [-0.2, 0) is 0 Å². The van der Waals surface area contributed by atoms with E-state index in [1.165, 1.54) is 0 Å². The first-order chi connectivity index (χ1) is 13.0. The van der Waals surface area contributed by atoms with E-state index < -0.39 is 6.03 Å². The summed E-state index contributed by atoms with van der Waals surface area (Å²) in [5.74, 6) is 0.929. The summed E-state index contributed by atoms with van der Waals surface area (Å²) in [4.78, 5) is 27.2. The molecule has 0 fully saturated rings. The van der Waals surface area contributed by atoms with Crippen LogP contribution in [0.4, 0.5) is 22.2 Å². The molecular formula is C19H23N7O. The van der Waals surface area contributed by atoms with Gasteiger partial charge in [0.25, 0.3) is 0 Å². The molecule has 0 saturated heterocycles. The second-order valence-electron chi connectivity index (χ2n) is 6.44. The number of fused-ring (bicyclic) bond motifs is 1. The third-order valence-electron chi connectivity index (χ3n) is 3.81.